The highest BCUT2D eigenvalue weighted by molar-refractivity contribution is 6.18. The van der Waals surface area contributed by atoms with Crippen LogP contribution in [0.25, 0.3) is 0 Å². The van der Waals surface area contributed by atoms with Crippen LogP contribution in [-0.4, -0.2) is 23.3 Å². The van der Waals surface area contributed by atoms with E-state index in [2.05, 4.69) is 5.32 Å². The minimum absolute atomic E-state index is 0.0876. The van der Waals surface area contributed by atoms with Crippen molar-refractivity contribution in [3.63, 3.8) is 0 Å². The van der Waals surface area contributed by atoms with Gasteiger partial charge in [0.25, 0.3) is 5.91 Å². The minimum Gasteiger partial charge on any atom is -0.352 e. The van der Waals surface area contributed by atoms with Crippen LogP contribution in [0.1, 0.15) is 17.3 Å². The Balaban J connectivity index is 3.02. The van der Waals surface area contributed by atoms with Crippen molar-refractivity contribution in [3.8, 4) is 0 Å². The van der Waals surface area contributed by atoms with Gasteiger partial charge in [0, 0.05) is 18.5 Å². The summed E-state index contributed by atoms with van der Waals surface area (Å²) < 4.78 is 27.1. The van der Waals surface area contributed by atoms with Crippen LogP contribution in [-0.2, 0) is 0 Å². The molecule has 8 heteroatoms. The van der Waals surface area contributed by atoms with E-state index in [9.17, 15) is 23.7 Å². The zero-order chi connectivity index (χ0) is 14.6. The molecule has 1 aromatic carbocycles. The van der Waals surface area contributed by atoms with Crippen LogP contribution in [0.2, 0.25) is 0 Å². The molecule has 1 rings (SSSR count). The molecule has 1 amide bonds. The molecule has 0 bridgehead atoms. The maximum atomic E-state index is 13.7. The molecule has 0 radical (unpaired) electrons. The molecule has 0 heterocycles. The molecule has 104 valence electrons. The van der Waals surface area contributed by atoms with E-state index in [1.807, 2.05) is 0 Å². The first-order valence-corrected chi connectivity index (χ1v) is 5.88. The number of nitrogens with one attached hydrogen (secondary N) is 1. The summed E-state index contributed by atoms with van der Waals surface area (Å²) in [5.41, 5.74) is -1.91. The molecule has 0 aliphatic rings. The standard InChI is InChI=1S/C11H11ClF2N2O3/c1-6(4-12)5-15-11(17)9-7(13)2-3-8(10(9)14)16(18)19/h2-3,6H,4-5H2,1H3,(H,15,17). The Labute approximate surface area is 112 Å². The van der Waals surface area contributed by atoms with Crippen LogP contribution in [0, 0.1) is 27.7 Å². The van der Waals surface area contributed by atoms with Gasteiger partial charge >= 0.3 is 5.69 Å². The van der Waals surface area contributed by atoms with Gasteiger partial charge in [-0.1, -0.05) is 6.92 Å². The van der Waals surface area contributed by atoms with Crippen molar-refractivity contribution in [2.75, 3.05) is 12.4 Å². The molecule has 1 aromatic rings. The van der Waals surface area contributed by atoms with E-state index in [4.69, 9.17) is 11.6 Å². The maximum absolute atomic E-state index is 13.7. The largest absolute Gasteiger partial charge is 0.352 e. The highest BCUT2D eigenvalue weighted by Crippen LogP contribution is 2.22. The van der Waals surface area contributed by atoms with Crippen LogP contribution >= 0.6 is 11.6 Å². The number of hydrogen-bond donors (Lipinski definition) is 1. The van der Waals surface area contributed by atoms with Gasteiger partial charge in [0.05, 0.1) is 4.92 Å². The van der Waals surface area contributed by atoms with E-state index < -0.39 is 33.7 Å². The van der Waals surface area contributed by atoms with Gasteiger partial charge in [-0.05, 0) is 12.0 Å². The Morgan fingerprint density at radius 2 is 2.16 bits per heavy atom. The Bertz CT molecular complexity index is 511. The van der Waals surface area contributed by atoms with E-state index in [-0.39, 0.29) is 18.3 Å². The zero-order valence-corrected chi connectivity index (χ0v) is 10.7. The van der Waals surface area contributed by atoms with Gasteiger partial charge in [-0.15, -0.1) is 11.6 Å². The lowest BCUT2D eigenvalue weighted by Crippen LogP contribution is -2.30. The topological polar surface area (TPSA) is 72.2 Å². The first-order valence-electron chi connectivity index (χ1n) is 5.35. The number of hydrogen-bond acceptors (Lipinski definition) is 3. The van der Waals surface area contributed by atoms with Crippen molar-refractivity contribution in [2.45, 2.75) is 6.92 Å². The lowest BCUT2D eigenvalue weighted by atomic mass is 10.1. The Kier molecular flexibility index (Phi) is 5.17. The molecule has 1 N–H and O–H groups in total. The summed E-state index contributed by atoms with van der Waals surface area (Å²) in [6, 6.07) is 1.35. The molecular formula is C11H11ClF2N2O3. The van der Waals surface area contributed by atoms with E-state index in [0.29, 0.717) is 12.1 Å². The van der Waals surface area contributed by atoms with Crippen LogP contribution < -0.4 is 5.32 Å². The average Bonchev–Trinajstić information content (AvgIpc) is 2.35. The van der Waals surface area contributed by atoms with Gasteiger partial charge in [0.1, 0.15) is 11.4 Å². The average molecular weight is 293 g/mol. The number of carbonyl (C=O) groups is 1. The van der Waals surface area contributed by atoms with Crippen molar-refractivity contribution < 1.29 is 18.5 Å². The quantitative estimate of drug-likeness (QED) is 0.515. The van der Waals surface area contributed by atoms with E-state index >= 15 is 0 Å². The van der Waals surface area contributed by atoms with E-state index in [1.165, 1.54) is 0 Å². The minimum atomic E-state index is -1.49. The second-order valence-electron chi connectivity index (χ2n) is 3.98. The molecule has 1 unspecified atom stereocenters. The molecule has 1 atom stereocenters. The number of rotatable bonds is 5. The first kappa shape index (κ1) is 15.3. The molecular weight excluding hydrogens is 282 g/mol. The van der Waals surface area contributed by atoms with Crippen molar-refractivity contribution in [3.05, 3.63) is 39.4 Å². The fourth-order valence-corrected chi connectivity index (χ4v) is 1.41. The number of alkyl halides is 1. The number of nitrogens with zero attached hydrogens (tertiary/aromatic N) is 1. The van der Waals surface area contributed by atoms with Crippen molar-refractivity contribution in [2.24, 2.45) is 5.92 Å². The molecule has 0 saturated carbocycles. The van der Waals surface area contributed by atoms with E-state index in [0.717, 1.165) is 0 Å². The second-order valence-corrected chi connectivity index (χ2v) is 4.29. The predicted octanol–water partition coefficient (Wildman–Crippen LogP) is 2.48. The van der Waals surface area contributed by atoms with Crippen LogP contribution in [0.5, 0.6) is 0 Å². The number of halogens is 3. The van der Waals surface area contributed by atoms with Gasteiger partial charge in [0.2, 0.25) is 5.82 Å². The Morgan fingerprint density at radius 1 is 1.53 bits per heavy atom. The van der Waals surface area contributed by atoms with Gasteiger partial charge < -0.3 is 5.32 Å². The molecule has 0 saturated heterocycles. The van der Waals surface area contributed by atoms with Crippen molar-refractivity contribution in [1.82, 2.24) is 5.32 Å². The summed E-state index contributed by atoms with van der Waals surface area (Å²) in [4.78, 5) is 21.1. The molecule has 0 aliphatic carbocycles. The third-order valence-electron chi connectivity index (χ3n) is 2.37. The molecule has 0 aliphatic heterocycles. The third kappa shape index (κ3) is 3.60. The summed E-state index contributed by atoms with van der Waals surface area (Å²) in [5, 5.41) is 12.8. The first-order chi connectivity index (χ1) is 8.88. The van der Waals surface area contributed by atoms with Crippen molar-refractivity contribution >= 4 is 23.2 Å². The van der Waals surface area contributed by atoms with E-state index in [1.54, 1.807) is 6.92 Å². The van der Waals surface area contributed by atoms with Crippen LogP contribution in [0.15, 0.2) is 12.1 Å². The van der Waals surface area contributed by atoms with Crippen LogP contribution in [0.4, 0.5) is 14.5 Å². The summed E-state index contributed by atoms with van der Waals surface area (Å²) >= 11 is 5.52. The summed E-state index contributed by atoms with van der Waals surface area (Å²) in [6.07, 6.45) is 0. The molecule has 5 nitrogen and oxygen atoms in total. The third-order valence-corrected chi connectivity index (χ3v) is 2.90. The number of amides is 1. The number of nitro benzene ring substituents is 1. The SMILES string of the molecule is CC(CCl)CNC(=O)c1c(F)ccc([N+](=O)[O-])c1F. The Hall–Kier alpha value is -1.76. The molecule has 0 fully saturated rings. The van der Waals surface area contributed by atoms with Gasteiger partial charge in [-0.25, -0.2) is 4.39 Å². The van der Waals surface area contributed by atoms with Crippen LogP contribution in [0.3, 0.4) is 0 Å². The molecule has 19 heavy (non-hydrogen) atoms. The second kappa shape index (κ2) is 6.42. The monoisotopic (exact) mass is 292 g/mol. The number of benzene rings is 1. The molecule has 0 aromatic heterocycles. The number of nitro groups is 1. The fraction of sp³-hybridized carbons (Fsp3) is 0.364. The fourth-order valence-electron chi connectivity index (χ4n) is 1.30. The highest BCUT2D eigenvalue weighted by Gasteiger charge is 2.26. The maximum Gasteiger partial charge on any atom is 0.305 e. The van der Waals surface area contributed by atoms with Gasteiger partial charge in [0.15, 0.2) is 0 Å². The molecule has 0 spiro atoms. The predicted molar refractivity (Wildman–Crippen MR) is 65.2 cm³/mol. The Morgan fingerprint density at radius 3 is 2.68 bits per heavy atom. The summed E-state index contributed by atoms with van der Waals surface area (Å²) in [5.74, 6) is -3.51. The van der Waals surface area contributed by atoms with Gasteiger partial charge in [-0.3, -0.25) is 14.9 Å². The normalized spacial score (nSPS) is 12.0. The summed E-state index contributed by atoms with van der Waals surface area (Å²) in [7, 11) is 0. The van der Waals surface area contributed by atoms with Gasteiger partial charge in [-0.2, -0.15) is 4.39 Å². The smallest absolute Gasteiger partial charge is 0.305 e. The zero-order valence-electron chi connectivity index (χ0n) is 9.95. The lowest BCUT2D eigenvalue weighted by molar-refractivity contribution is -0.387. The number of carbonyl (C=O) groups excluding carboxylic acids is 1. The van der Waals surface area contributed by atoms with Crippen molar-refractivity contribution in [1.29, 1.82) is 0 Å². The summed E-state index contributed by atoms with van der Waals surface area (Å²) in [6.45, 7) is 1.84. The lowest BCUT2D eigenvalue weighted by Gasteiger charge is -2.10. The highest BCUT2D eigenvalue weighted by atomic mass is 35.5.